The molecular weight excluding hydrogens is 338 g/mol. The minimum absolute atomic E-state index is 0.549. The van der Waals surface area contributed by atoms with Crippen LogP contribution in [0.5, 0.6) is 5.75 Å². The Morgan fingerprint density at radius 3 is 2.44 bits per heavy atom. The fourth-order valence-electron chi connectivity index (χ4n) is 2.61. The van der Waals surface area contributed by atoms with Crippen LogP contribution >= 0.6 is 0 Å². The molecule has 0 spiro atoms. The van der Waals surface area contributed by atoms with Crippen molar-refractivity contribution in [3.8, 4) is 28.5 Å². The molecule has 0 aliphatic rings. The minimum Gasteiger partial charge on any atom is -0.497 e. The van der Waals surface area contributed by atoms with Crippen LogP contribution in [0.2, 0.25) is 0 Å². The largest absolute Gasteiger partial charge is 0.497 e. The normalized spacial score (nSPS) is 10.4. The monoisotopic (exact) mass is 355 g/mol. The highest BCUT2D eigenvalue weighted by Gasteiger charge is 2.10. The van der Waals surface area contributed by atoms with Crippen molar-refractivity contribution in [1.29, 1.82) is 0 Å². The first kappa shape index (κ1) is 16.7. The standard InChI is InChI=1S/C21H17N5O/c1-27-17-9-7-16(8-10-17)24-20-13-19(15-5-4-11-22-14-15)25-21(26-20)18-6-2-3-12-23-18/h2-14H,1H3,(H,24,25,26). The smallest absolute Gasteiger partial charge is 0.180 e. The van der Waals surface area contributed by atoms with E-state index in [0.717, 1.165) is 22.7 Å². The Balaban J connectivity index is 1.75. The fraction of sp³-hybridized carbons (Fsp3) is 0.0476. The van der Waals surface area contributed by atoms with Crippen molar-refractivity contribution in [2.45, 2.75) is 0 Å². The Morgan fingerprint density at radius 1 is 0.852 bits per heavy atom. The van der Waals surface area contributed by atoms with Crippen molar-refractivity contribution in [3.63, 3.8) is 0 Å². The summed E-state index contributed by atoms with van der Waals surface area (Å²) in [5.74, 6) is 2.02. The lowest BCUT2D eigenvalue weighted by Crippen LogP contribution is -2.00. The second-order valence-corrected chi connectivity index (χ2v) is 5.77. The van der Waals surface area contributed by atoms with Gasteiger partial charge in [0.25, 0.3) is 0 Å². The van der Waals surface area contributed by atoms with Gasteiger partial charge < -0.3 is 10.1 Å². The summed E-state index contributed by atoms with van der Waals surface area (Å²) < 4.78 is 5.20. The average molecular weight is 355 g/mol. The molecule has 1 aromatic carbocycles. The lowest BCUT2D eigenvalue weighted by molar-refractivity contribution is 0.415. The number of pyridine rings is 2. The predicted molar refractivity (Wildman–Crippen MR) is 105 cm³/mol. The summed E-state index contributed by atoms with van der Waals surface area (Å²) in [5.41, 5.74) is 3.30. The van der Waals surface area contributed by atoms with E-state index < -0.39 is 0 Å². The topological polar surface area (TPSA) is 72.8 Å². The van der Waals surface area contributed by atoms with Crippen LogP contribution in [-0.4, -0.2) is 27.0 Å². The third kappa shape index (κ3) is 3.90. The lowest BCUT2D eigenvalue weighted by Gasteiger charge is -2.10. The summed E-state index contributed by atoms with van der Waals surface area (Å²) >= 11 is 0. The van der Waals surface area contributed by atoms with Gasteiger partial charge in [-0.15, -0.1) is 0 Å². The van der Waals surface area contributed by atoms with Crippen molar-refractivity contribution < 1.29 is 4.74 Å². The van der Waals surface area contributed by atoms with Gasteiger partial charge in [-0.25, -0.2) is 9.97 Å². The number of methoxy groups -OCH3 is 1. The van der Waals surface area contributed by atoms with Gasteiger partial charge in [0.15, 0.2) is 5.82 Å². The van der Waals surface area contributed by atoms with Crippen molar-refractivity contribution in [2.24, 2.45) is 0 Å². The number of hydrogen-bond acceptors (Lipinski definition) is 6. The summed E-state index contributed by atoms with van der Waals surface area (Å²) in [6, 6.07) is 19.1. The van der Waals surface area contributed by atoms with Gasteiger partial charge in [0, 0.05) is 35.9 Å². The first-order valence-corrected chi connectivity index (χ1v) is 8.44. The van der Waals surface area contributed by atoms with E-state index in [-0.39, 0.29) is 0 Å². The van der Waals surface area contributed by atoms with E-state index in [4.69, 9.17) is 4.74 Å². The van der Waals surface area contributed by atoms with Crippen molar-refractivity contribution in [3.05, 3.63) is 79.3 Å². The molecular formula is C21H17N5O. The maximum atomic E-state index is 5.20. The van der Waals surface area contributed by atoms with Crippen LogP contribution in [0.4, 0.5) is 11.5 Å². The second-order valence-electron chi connectivity index (χ2n) is 5.77. The molecule has 6 nitrogen and oxygen atoms in total. The molecule has 0 bridgehead atoms. The number of nitrogens with zero attached hydrogens (tertiary/aromatic N) is 4. The molecule has 6 heteroatoms. The van der Waals surface area contributed by atoms with Gasteiger partial charge in [0.05, 0.1) is 12.8 Å². The molecule has 0 saturated carbocycles. The van der Waals surface area contributed by atoms with E-state index in [2.05, 4.69) is 25.3 Å². The van der Waals surface area contributed by atoms with Crippen LogP contribution in [0, 0.1) is 0 Å². The Hall–Kier alpha value is -3.80. The molecule has 3 aromatic heterocycles. The summed E-state index contributed by atoms with van der Waals surface area (Å²) in [7, 11) is 1.65. The predicted octanol–water partition coefficient (Wildman–Crippen LogP) is 4.35. The molecule has 0 aliphatic carbocycles. The molecule has 3 heterocycles. The molecule has 27 heavy (non-hydrogen) atoms. The van der Waals surface area contributed by atoms with E-state index >= 15 is 0 Å². The first-order valence-electron chi connectivity index (χ1n) is 8.44. The second kappa shape index (κ2) is 7.61. The number of aromatic nitrogens is 4. The van der Waals surface area contributed by atoms with Gasteiger partial charge in [0.1, 0.15) is 17.3 Å². The number of ether oxygens (including phenoxy) is 1. The van der Waals surface area contributed by atoms with E-state index in [1.807, 2.05) is 60.7 Å². The van der Waals surface area contributed by atoms with Crippen LogP contribution in [-0.2, 0) is 0 Å². The van der Waals surface area contributed by atoms with Gasteiger partial charge >= 0.3 is 0 Å². The number of rotatable bonds is 5. The van der Waals surface area contributed by atoms with Gasteiger partial charge in [-0.1, -0.05) is 6.07 Å². The molecule has 132 valence electrons. The number of hydrogen-bond donors (Lipinski definition) is 1. The third-order valence-corrected chi connectivity index (χ3v) is 3.94. The van der Waals surface area contributed by atoms with Gasteiger partial charge in [0.2, 0.25) is 0 Å². The summed E-state index contributed by atoms with van der Waals surface area (Å²) in [6.07, 6.45) is 5.24. The molecule has 0 radical (unpaired) electrons. The van der Waals surface area contributed by atoms with Crippen LogP contribution in [0.25, 0.3) is 22.8 Å². The molecule has 4 rings (SSSR count). The molecule has 1 N–H and O–H groups in total. The molecule has 0 atom stereocenters. The maximum Gasteiger partial charge on any atom is 0.180 e. The zero-order valence-electron chi connectivity index (χ0n) is 14.7. The first-order chi connectivity index (χ1) is 13.3. The van der Waals surface area contributed by atoms with Crippen LogP contribution in [0.3, 0.4) is 0 Å². The summed E-state index contributed by atoms with van der Waals surface area (Å²) in [4.78, 5) is 17.9. The molecule has 0 unspecified atom stereocenters. The Labute approximate surface area is 157 Å². The van der Waals surface area contributed by atoms with Crippen molar-refractivity contribution in [2.75, 3.05) is 12.4 Å². The third-order valence-electron chi connectivity index (χ3n) is 3.94. The number of anilines is 2. The Bertz CT molecular complexity index is 964. The lowest BCUT2D eigenvalue weighted by atomic mass is 10.2. The number of nitrogens with one attached hydrogen (secondary N) is 1. The van der Waals surface area contributed by atoms with Crippen LogP contribution in [0.1, 0.15) is 0 Å². The van der Waals surface area contributed by atoms with E-state index in [0.29, 0.717) is 17.3 Å². The quantitative estimate of drug-likeness (QED) is 0.574. The number of benzene rings is 1. The fourth-order valence-corrected chi connectivity index (χ4v) is 2.61. The van der Waals surface area contributed by atoms with Crippen molar-refractivity contribution >= 4 is 11.5 Å². The Morgan fingerprint density at radius 2 is 1.74 bits per heavy atom. The SMILES string of the molecule is COc1ccc(Nc2cc(-c3cccnc3)nc(-c3ccccn3)n2)cc1. The highest BCUT2D eigenvalue weighted by Crippen LogP contribution is 2.25. The van der Waals surface area contributed by atoms with Gasteiger partial charge in [-0.3, -0.25) is 9.97 Å². The maximum absolute atomic E-state index is 5.20. The van der Waals surface area contributed by atoms with Crippen LogP contribution in [0.15, 0.2) is 79.3 Å². The van der Waals surface area contributed by atoms with Crippen molar-refractivity contribution in [1.82, 2.24) is 19.9 Å². The molecule has 4 aromatic rings. The Kier molecular flexibility index (Phi) is 4.70. The molecule has 0 saturated heterocycles. The highest BCUT2D eigenvalue weighted by molar-refractivity contribution is 5.68. The summed E-state index contributed by atoms with van der Waals surface area (Å²) in [5, 5.41) is 3.32. The van der Waals surface area contributed by atoms with Crippen LogP contribution < -0.4 is 10.1 Å². The zero-order valence-corrected chi connectivity index (χ0v) is 14.7. The van der Waals surface area contributed by atoms with E-state index in [1.54, 1.807) is 25.7 Å². The minimum atomic E-state index is 0.549. The molecule has 0 fully saturated rings. The van der Waals surface area contributed by atoms with E-state index in [9.17, 15) is 0 Å². The zero-order chi connectivity index (χ0) is 18.5. The molecule has 0 aliphatic heterocycles. The van der Waals surface area contributed by atoms with E-state index in [1.165, 1.54) is 0 Å². The molecule has 0 amide bonds. The van der Waals surface area contributed by atoms with Gasteiger partial charge in [-0.2, -0.15) is 0 Å². The average Bonchev–Trinajstić information content (AvgIpc) is 2.75. The summed E-state index contributed by atoms with van der Waals surface area (Å²) in [6.45, 7) is 0. The highest BCUT2D eigenvalue weighted by atomic mass is 16.5. The van der Waals surface area contributed by atoms with Gasteiger partial charge in [-0.05, 0) is 48.5 Å².